The number of hydrogen-bond donors (Lipinski definition) is 4. The summed E-state index contributed by atoms with van der Waals surface area (Å²) in [5, 5.41) is 26.8. The Bertz CT molecular complexity index is 3420. The van der Waals surface area contributed by atoms with Crippen LogP contribution in [0, 0.1) is 16.5 Å². The second-order valence-electron chi connectivity index (χ2n) is 23.2. The molecule has 0 bridgehead atoms. The fourth-order valence-electron chi connectivity index (χ4n) is 12.9. The Hall–Kier alpha value is -6.26. The van der Waals surface area contributed by atoms with Gasteiger partial charge in [-0.2, -0.15) is 0 Å². The van der Waals surface area contributed by atoms with Crippen LogP contribution in [-0.2, 0) is 23.0 Å². The molecule has 0 radical (unpaired) electrons. The van der Waals surface area contributed by atoms with Gasteiger partial charge in [-0.1, -0.05) is 38.1 Å². The van der Waals surface area contributed by atoms with Gasteiger partial charge in [0.15, 0.2) is 11.4 Å². The maximum absolute atomic E-state index is 15.1. The quantitative estimate of drug-likeness (QED) is 0.0630. The van der Waals surface area contributed by atoms with Gasteiger partial charge in [0, 0.05) is 100.0 Å². The van der Waals surface area contributed by atoms with E-state index in [1.54, 1.807) is 25.3 Å². The van der Waals surface area contributed by atoms with E-state index in [9.17, 15) is 23.5 Å². The molecular formula is C60H72FN9O8S2. The first kappa shape index (κ1) is 55.6. The van der Waals surface area contributed by atoms with Gasteiger partial charge in [-0.05, 0) is 123 Å². The molecule has 4 N–H and O–H groups in total. The molecule has 20 heteroatoms. The molecule has 424 valence electrons. The molecule has 6 aromatic rings. The number of allylic oxidation sites excluding steroid dienone is 1. The monoisotopic (exact) mass is 1130 g/mol. The number of nitrogens with one attached hydrogen (secondary N) is 3. The molecular weight excluding hydrogens is 1060 g/mol. The van der Waals surface area contributed by atoms with Crippen molar-refractivity contribution < 1.29 is 42.0 Å². The van der Waals surface area contributed by atoms with Crippen LogP contribution in [0.4, 0.5) is 21.5 Å². The van der Waals surface area contributed by atoms with E-state index in [4.69, 9.17) is 14.2 Å². The van der Waals surface area contributed by atoms with Gasteiger partial charge in [-0.25, -0.2) is 32.5 Å². The zero-order valence-corrected chi connectivity index (χ0v) is 48.0. The molecule has 5 heterocycles. The Morgan fingerprint density at radius 3 is 2.49 bits per heavy atom. The zero-order chi connectivity index (χ0) is 56.1. The Labute approximate surface area is 471 Å². The minimum absolute atomic E-state index is 0.0172. The molecule has 5 aliphatic rings. The van der Waals surface area contributed by atoms with Crippen molar-refractivity contribution in [1.29, 1.82) is 0 Å². The molecule has 4 fully saturated rings. The Balaban J connectivity index is 0.826. The van der Waals surface area contributed by atoms with Gasteiger partial charge in [0.1, 0.15) is 27.7 Å². The van der Waals surface area contributed by atoms with Gasteiger partial charge >= 0.3 is 0 Å². The molecule has 3 aliphatic carbocycles. The third-order valence-electron chi connectivity index (χ3n) is 17.5. The van der Waals surface area contributed by atoms with Gasteiger partial charge in [-0.15, -0.1) is 11.3 Å². The number of halogens is 1. The van der Waals surface area contributed by atoms with Crippen LogP contribution in [0.5, 0.6) is 23.3 Å². The number of quaternary nitrogens is 1. The van der Waals surface area contributed by atoms with E-state index in [0.29, 0.717) is 53.3 Å². The van der Waals surface area contributed by atoms with Crippen molar-refractivity contribution in [2.75, 3.05) is 70.8 Å². The summed E-state index contributed by atoms with van der Waals surface area (Å²) in [5.74, 6) is -0.0408. The smallest absolute Gasteiger partial charge is 0.268 e. The first-order valence-electron chi connectivity index (χ1n) is 27.9. The molecule has 11 rings (SSSR count). The lowest BCUT2D eigenvalue weighted by molar-refractivity contribution is -0.750. The lowest BCUT2D eigenvalue weighted by Gasteiger charge is -2.58. The van der Waals surface area contributed by atoms with E-state index in [1.165, 1.54) is 65.9 Å². The molecule has 1 spiro atoms. The number of thiazole rings is 1. The fourth-order valence-corrected chi connectivity index (χ4v) is 15.0. The zero-order valence-electron chi connectivity index (χ0n) is 46.4. The molecule has 17 nitrogen and oxygen atoms in total. The number of rotatable bonds is 17. The lowest BCUT2D eigenvalue weighted by atomic mass is 9.59. The molecule has 80 heavy (non-hydrogen) atoms. The summed E-state index contributed by atoms with van der Waals surface area (Å²) in [6.07, 6.45) is 10.6. The predicted molar refractivity (Wildman–Crippen MR) is 308 cm³/mol. The number of methoxy groups -OCH3 is 2. The van der Waals surface area contributed by atoms with Crippen LogP contribution in [-0.4, -0.2) is 116 Å². The van der Waals surface area contributed by atoms with E-state index in [-0.39, 0.29) is 73.5 Å². The largest absolute Gasteiger partial charge is 0.629 e. The second kappa shape index (κ2) is 22.6. The van der Waals surface area contributed by atoms with Crippen LogP contribution in [0.1, 0.15) is 122 Å². The SMILES string of the molecule is COc1cc(CN2CCN(C3CC4(CCN(c5ccc(C(=O)NS(=O)(=O)c6cc([NH+](C)[O-])c(NC[C@H]7CC[C@](C)(O)CC7)c7scnc67)c(Oc6cc7c(nc6OC)CC=C7F)c5)CC4)C3)[C@H](c3ccccc3C(C)C)C2)ccn1. The Kier molecular flexibility index (Phi) is 15.7. The number of carbonyl (C=O) groups excluding carboxylic acids is 1. The number of piperazine rings is 1. The van der Waals surface area contributed by atoms with Gasteiger partial charge < -0.3 is 39.8 Å². The van der Waals surface area contributed by atoms with Crippen molar-refractivity contribution in [1.82, 2.24) is 29.5 Å². The van der Waals surface area contributed by atoms with Crippen molar-refractivity contribution in [3.63, 3.8) is 0 Å². The van der Waals surface area contributed by atoms with Crippen LogP contribution in [0.3, 0.4) is 0 Å². The molecule has 1 amide bonds. The number of aromatic nitrogens is 3. The normalized spacial score (nSPS) is 22.0. The number of ether oxygens (including phenoxy) is 3. The van der Waals surface area contributed by atoms with E-state index in [2.05, 4.69) is 83.9 Å². The van der Waals surface area contributed by atoms with Gasteiger partial charge in [-0.3, -0.25) is 14.6 Å². The number of fused-ring (bicyclic) bond motifs is 2. The number of aliphatic hydroxyl groups is 1. The molecule has 1 unspecified atom stereocenters. The summed E-state index contributed by atoms with van der Waals surface area (Å²) in [6.45, 7) is 12.1. The minimum atomic E-state index is -4.68. The number of sulfonamides is 1. The van der Waals surface area contributed by atoms with Crippen molar-refractivity contribution in [3.8, 4) is 23.3 Å². The summed E-state index contributed by atoms with van der Waals surface area (Å²) >= 11 is 1.20. The Morgan fingerprint density at radius 1 is 0.975 bits per heavy atom. The number of hydrogen-bond acceptors (Lipinski definition) is 16. The maximum Gasteiger partial charge on any atom is 0.268 e. The maximum atomic E-state index is 15.1. The van der Waals surface area contributed by atoms with E-state index >= 15 is 4.39 Å². The van der Waals surface area contributed by atoms with Crippen molar-refractivity contribution in [3.05, 3.63) is 123 Å². The van der Waals surface area contributed by atoms with Crippen LogP contribution in [0.2, 0.25) is 0 Å². The topological polar surface area (TPSA) is 199 Å². The molecule has 3 aromatic heterocycles. The lowest BCUT2D eigenvalue weighted by Crippen LogP contribution is -2.98. The number of hydroxylamine groups is 1. The Morgan fingerprint density at radius 2 is 1.75 bits per heavy atom. The third-order valence-corrected chi connectivity index (χ3v) is 19.7. The first-order valence-corrected chi connectivity index (χ1v) is 30.3. The van der Waals surface area contributed by atoms with E-state index in [1.807, 2.05) is 19.2 Å². The summed E-state index contributed by atoms with van der Waals surface area (Å²) in [6, 6.07) is 21.6. The van der Waals surface area contributed by atoms with Crippen LogP contribution < -0.4 is 34.2 Å². The molecule has 2 aliphatic heterocycles. The van der Waals surface area contributed by atoms with E-state index in [0.717, 1.165) is 83.5 Å². The van der Waals surface area contributed by atoms with Crippen molar-refractivity contribution >= 4 is 60.4 Å². The van der Waals surface area contributed by atoms with E-state index < -0.39 is 27.4 Å². The number of piperidine rings is 1. The molecule has 2 saturated carbocycles. The second-order valence-corrected chi connectivity index (χ2v) is 25.7. The number of amides is 1. The minimum Gasteiger partial charge on any atom is -0.629 e. The van der Waals surface area contributed by atoms with Crippen LogP contribution in [0.15, 0.2) is 89.4 Å². The summed E-state index contributed by atoms with van der Waals surface area (Å²) in [7, 11) is -0.226. The third kappa shape index (κ3) is 11.4. The summed E-state index contributed by atoms with van der Waals surface area (Å²) in [5.41, 5.74) is 7.11. The van der Waals surface area contributed by atoms with Gasteiger partial charge in [0.05, 0.1) is 48.3 Å². The number of benzene rings is 3. The highest BCUT2D eigenvalue weighted by Crippen LogP contribution is 2.54. The fraction of sp³-hybridized carbons (Fsp3) is 0.467. The number of pyridine rings is 2. The van der Waals surface area contributed by atoms with Crippen LogP contribution >= 0.6 is 11.3 Å². The molecule has 3 aromatic carbocycles. The van der Waals surface area contributed by atoms with Crippen LogP contribution in [0.25, 0.3) is 16.0 Å². The van der Waals surface area contributed by atoms with Gasteiger partial charge in [0.2, 0.25) is 5.88 Å². The van der Waals surface area contributed by atoms with Crippen molar-refractivity contribution in [2.24, 2.45) is 11.3 Å². The number of nitrogens with zero attached hydrogens (tertiary/aromatic N) is 6. The first-order chi connectivity index (χ1) is 38.4. The average Bonchev–Trinajstić information content (AvgIpc) is 4.20. The number of anilines is 2. The summed E-state index contributed by atoms with van der Waals surface area (Å²) < 4.78 is 64.5. The van der Waals surface area contributed by atoms with Crippen molar-refractivity contribution in [2.45, 2.75) is 114 Å². The number of carbonyl (C=O) groups is 1. The highest BCUT2D eigenvalue weighted by atomic mass is 32.2. The molecule has 2 atom stereocenters. The molecule has 2 saturated heterocycles. The highest BCUT2D eigenvalue weighted by molar-refractivity contribution is 7.90. The van der Waals surface area contributed by atoms with Gasteiger partial charge in [0.25, 0.3) is 21.8 Å². The average molecular weight is 1130 g/mol. The predicted octanol–water partition coefficient (Wildman–Crippen LogP) is 9.31. The standard InChI is InChI=1S/C60H72FN9O8S2/c1-37(2)42-9-7-8-10-43(42)49-35-68(34-39-17-22-62-53(27-39)76-5)25-26-70(49)41-31-60(32-41)20-23-69(24-21-60)40-11-12-44(50(28-40)78-51-29-45-46(61)13-14-47(45)65-58(51)77-6)57(71)66-80(74,75)52-30-48(67(4)73)54(56-55(52)64-36-79-56)63-33-38-15-18-59(3,72)19-16-38/h7-13,17,22,27-30,36-38,41,49,63,67,72H,14-16,18-21,23-26,31-35H2,1-6H3,(H,66,71)/t38-,49-,59-/m0/s1. The highest BCUT2D eigenvalue weighted by Gasteiger charge is 2.50. The summed E-state index contributed by atoms with van der Waals surface area (Å²) in [4.78, 5) is 35.1.